The van der Waals surface area contributed by atoms with Crippen LogP contribution in [0.4, 0.5) is 4.39 Å². The van der Waals surface area contributed by atoms with Gasteiger partial charge in [-0.05, 0) is 32.5 Å². The van der Waals surface area contributed by atoms with Crippen molar-refractivity contribution in [1.82, 2.24) is 10.3 Å². The van der Waals surface area contributed by atoms with E-state index in [1.54, 1.807) is 20.9 Å². The van der Waals surface area contributed by atoms with Crippen LogP contribution in [0.1, 0.15) is 23.0 Å². The van der Waals surface area contributed by atoms with Crippen LogP contribution in [-0.4, -0.2) is 30.3 Å². The van der Waals surface area contributed by atoms with Crippen LogP contribution in [0.2, 0.25) is 0 Å². The molecule has 0 spiro atoms. The Labute approximate surface area is 99.2 Å². The number of hydrogen-bond acceptors (Lipinski definition) is 4. The van der Waals surface area contributed by atoms with Crippen molar-refractivity contribution in [3.8, 4) is 0 Å². The zero-order valence-corrected chi connectivity index (χ0v) is 10.0. The minimum Gasteiger partial charge on any atom is -0.368 e. The Hall–Kier alpha value is -1.82. The van der Waals surface area contributed by atoms with Crippen molar-refractivity contribution in [3.05, 3.63) is 29.3 Å². The number of hydrogen-bond donors (Lipinski definition) is 2. The van der Waals surface area contributed by atoms with Crippen LogP contribution in [-0.2, 0) is 4.79 Å². The van der Waals surface area contributed by atoms with E-state index in [9.17, 15) is 14.0 Å². The molecule has 6 heteroatoms. The number of likely N-dealkylation sites (N-methyl/N-ethyl adjacent to an activating group) is 1. The van der Waals surface area contributed by atoms with Crippen molar-refractivity contribution in [3.63, 3.8) is 0 Å². The number of carbonyl (C=O) groups is 2. The van der Waals surface area contributed by atoms with E-state index in [0.29, 0.717) is 11.8 Å². The second-order valence-corrected chi connectivity index (χ2v) is 3.41. The number of aryl methyl sites for hydroxylation is 1. The van der Waals surface area contributed by atoms with E-state index in [-0.39, 0.29) is 17.6 Å². The van der Waals surface area contributed by atoms with Gasteiger partial charge in [-0.3, -0.25) is 14.6 Å². The predicted molar refractivity (Wildman–Crippen MR) is 62.0 cm³/mol. The van der Waals surface area contributed by atoms with E-state index in [1.165, 1.54) is 12.3 Å². The third kappa shape index (κ3) is 5.72. The number of carbonyl (C=O) groups excluding carboxylic acids is 2. The molecule has 1 amide bonds. The van der Waals surface area contributed by atoms with Crippen LogP contribution in [0, 0.1) is 12.7 Å². The number of amides is 1. The average molecular weight is 241 g/mol. The molecule has 94 valence electrons. The quantitative estimate of drug-likeness (QED) is 0.751. The molecule has 1 rings (SSSR count). The van der Waals surface area contributed by atoms with Crippen molar-refractivity contribution in [2.75, 3.05) is 7.05 Å². The maximum atomic E-state index is 12.6. The number of nitrogens with two attached hydrogens (primary N) is 1. The first kappa shape index (κ1) is 15.2. The van der Waals surface area contributed by atoms with Gasteiger partial charge in [0.25, 0.3) is 0 Å². The topological polar surface area (TPSA) is 85.1 Å². The van der Waals surface area contributed by atoms with Crippen molar-refractivity contribution < 1.29 is 14.0 Å². The lowest BCUT2D eigenvalue weighted by Crippen LogP contribution is -2.36. The minimum absolute atomic E-state index is 0.134. The van der Waals surface area contributed by atoms with Crippen LogP contribution in [0.25, 0.3) is 0 Å². The van der Waals surface area contributed by atoms with E-state index in [1.807, 2.05) is 0 Å². The first-order valence-corrected chi connectivity index (χ1v) is 4.96. The molecule has 5 nitrogen and oxygen atoms in total. The second-order valence-electron chi connectivity index (χ2n) is 3.41. The number of nitrogens with one attached hydrogen (secondary N) is 1. The maximum Gasteiger partial charge on any atom is 0.234 e. The fraction of sp³-hybridized carbons (Fsp3) is 0.364. The molecule has 0 aliphatic heterocycles. The molecular weight excluding hydrogens is 225 g/mol. The number of halogens is 1. The number of pyridine rings is 1. The van der Waals surface area contributed by atoms with Gasteiger partial charge in [-0.15, -0.1) is 0 Å². The number of aldehydes is 1. The molecule has 17 heavy (non-hydrogen) atoms. The van der Waals surface area contributed by atoms with Gasteiger partial charge in [0.1, 0.15) is 5.69 Å². The van der Waals surface area contributed by atoms with Gasteiger partial charge in [0.05, 0.1) is 6.04 Å². The third-order valence-electron chi connectivity index (χ3n) is 1.98. The van der Waals surface area contributed by atoms with Crippen molar-refractivity contribution in [1.29, 1.82) is 0 Å². The molecule has 3 N–H and O–H groups in total. The zero-order valence-electron chi connectivity index (χ0n) is 10.0. The number of primary amides is 1. The molecule has 1 aromatic rings. The maximum absolute atomic E-state index is 12.6. The molecule has 0 saturated heterocycles. The summed E-state index contributed by atoms with van der Waals surface area (Å²) in [5.74, 6) is -0.877. The van der Waals surface area contributed by atoms with Crippen LogP contribution in [0.15, 0.2) is 12.3 Å². The molecular formula is C11H16FN3O2. The van der Waals surface area contributed by atoms with Gasteiger partial charge >= 0.3 is 0 Å². The minimum atomic E-state index is -0.560. The summed E-state index contributed by atoms with van der Waals surface area (Å²) in [7, 11) is 1.69. The highest BCUT2D eigenvalue weighted by atomic mass is 19.1. The highest BCUT2D eigenvalue weighted by Gasteiger charge is 2.01. The van der Waals surface area contributed by atoms with Crippen LogP contribution < -0.4 is 11.1 Å². The molecule has 0 saturated carbocycles. The molecule has 1 atom stereocenters. The summed E-state index contributed by atoms with van der Waals surface area (Å²) in [5, 5.41) is 2.69. The number of nitrogens with zero attached hydrogens (tertiary/aromatic N) is 1. The molecule has 0 radical (unpaired) electrons. The van der Waals surface area contributed by atoms with E-state index < -0.39 is 5.82 Å². The molecule has 0 aliphatic rings. The summed E-state index contributed by atoms with van der Waals surface area (Å²) in [4.78, 5) is 23.7. The lowest BCUT2D eigenvalue weighted by molar-refractivity contribution is -0.119. The Balaban J connectivity index is 0.000000325. The highest BCUT2D eigenvalue weighted by Crippen LogP contribution is 2.02. The Morgan fingerprint density at radius 1 is 1.65 bits per heavy atom. The van der Waals surface area contributed by atoms with Gasteiger partial charge in [-0.2, -0.15) is 0 Å². The standard InChI is InChI=1S/C7H6FNO.C4H10N2O/c1-5-2-6(8)7(4-10)9-3-5;1-3(6-2)4(5)7/h2-4H,1H3;3,6H,1-2H3,(H2,5,7)/t;3-/m.0/s1. The number of aromatic nitrogens is 1. The molecule has 1 heterocycles. The average Bonchev–Trinajstić information content (AvgIpc) is 2.28. The summed E-state index contributed by atoms with van der Waals surface area (Å²) < 4.78 is 12.6. The van der Waals surface area contributed by atoms with Gasteiger partial charge < -0.3 is 11.1 Å². The van der Waals surface area contributed by atoms with Crippen LogP contribution >= 0.6 is 0 Å². The van der Waals surface area contributed by atoms with E-state index in [4.69, 9.17) is 5.73 Å². The molecule has 0 aromatic carbocycles. The van der Waals surface area contributed by atoms with Gasteiger partial charge in [0, 0.05) is 6.20 Å². The Morgan fingerprint density at radius 2 is 2.24 bits per heavy atom. The first-order chi connectivity index (χ1) is 7.92. The zero-order chi connectivity index (χ0) is 13.4. The van der Waals surface area contributed by atoms with E-state index in [2.05, 4.69) is 10.3 Å². The molecule has 0 bridgehead atoms. The predicted octanol–water partition coefficient (Wildman–Crippen LogP) is 0.421. The molecule has 0 fully saturated rings. The van der Waals surface area contributed by atoms with Gasteiger partial charge in [0.15, 0.2) is 12.1 Å². The second kappa shape index (κ2) is 7.45. The van der Waals surface area contributed by atoms with E-state index >= 15 is 0 Å². The monoisotopic (exact) mass is 241 g/mol. The summed E-state index contributed by atoms with van der Waals surface area (Å²) in [6, 6.07) is 1.07. The highest BCUT2D eigenvalue weighted by molar-refractivity contribution is 5.79. The van der Waals surface area contributed by atoms with E-state index in [0.717, 1.165) is 0 Å². The number of rotatable bonds is 3. The summed E-state index contributed by atoms with van der Waals surface area (Å²) in [6.45, 7) is 3.42. The molecule has 0 unspecified atom stereocenters. The van der Waals surface area contributed by atoms with Gasteiger partial charge in [0.2, 0.25) is 5.91 Å². The SMILES string of the molecule is CN[C@@H](C)C(N)=O.Cc1cnc(C=O)c(F)c1. The summed E-state index contributed by atoms with van der Waals surface area (Å²) in [6.07, 6.45) is 1.85. The summed E-state index contributed by atoms with van der Waals surface area (Å²) >= 11 is 0. The molecule has 1 aromatic heterocycles. The Kier molecular flexibility index (Phi) is 6.65. The van der Waals surface area contributed by atoms with Crippen molar-refractivity contribution in [2.45, 2.75) is 19.9 Å². The van der Waals surface area contributed by atoms with Crippen molar-refractivity contribution >= 4 is 12.2 Å². The lowest BCUT2D eigenvalue weighted by atomic mass is 10.3. The van der Waals surface area contributed by atoms with Crippen LogP contribution in [0.3, 0.4) is 0 Å². The largest absolute Gasteiger partial charge is 0.368 e. The van der Waals surface area contributed by atoms with Crippen molar-refractivity contribution in [2.24, 2.45) is 5.73 Å². The fourth-order valence-electron chi connectivity index (χ4n) is 0.773. The first-order valence-electron chi connectivity index (χ1n) is 4.96. The third-order valence-corrected chi connectivity index (χ3v) is 1.98. The lowest BCUT2D eigenvalue weighted by Gasteiger charge is -2.01. The van der Waals surface area contributed by atoms with Crippen LogP contribution in [0.5, 0.6) is 0 Å². The normalized spacial score (nSPS) is 11.1. The summed E-state index contributed by atoms with van der Waals surface area (Å²) in [5.41, 5.74) is 5.42. The Bertz CT molecular complexity index is 396. The fourth-order valence-corrected chi connectivity index (χ4v) is 0.773. The van der Waals surface area contributed by atoms with Gasteiger partial charge in [-0.1, -0.05) is 0 Å². The Morgan fingerprint density at radius 3 is 2.53 bits per heavy atom. The van der Waals surface area contributed by atoms with Gasteiger partial charge in [-0.25, -0.2) is 4.39 Å². The molecule has 0 aliphatic carbocycles. The smallest absolute Gasteiger partial charge is 0.234 e.